The molecule has 3 aromatic carbocycles. The Morgan fingerprint density at radius 2 is 1.60 bits per heavy atom. The molecule has 0 bridgehead atoms. The monoisotopic (exact) mass is 418 g/mol. The van der Waals surface area contributed by atoms with Crippen LogP contribution >= 0.6 is 11.8 Å². The van der Waals surface area contributed by atoms with Crippen LogP contribution in [0.4, 0.5) is 5.69 Å². The molecule has 0 aliphatic carbocycles. The fraction of sp³-hybridized carbons (Fsp3) is 0. The summed E-state index contributed by atoms with van der Waals surface area (Å²) >= 11 is 1.01. The molecular weight excluding hydrogens is 404 g/mol. The van der Waals surface area contributed by atoms with Gasteiger partial charge in [0.15, 0.2) is 5.76 Å². The maximum absolute atomic E-state index is 11.6. The van der Waals surface area contributed by atoms with E-state index in [1.807, 2.05) is 60.7 Å². The van der Waals surface area contributed by atoms with E-state index in [1.54, 1.807) is 0 Å². The third kappa shape index (κ3) is 3.94. The number of hydrogen-bond acceptors (Lipinski definition) is 6. The summed E-state index contributed by atoms with van der Waals surface area (Å²) in [4.78, 5) is 26.8. The minimum atomic E-state index is -1.26. The Morgan fingerprint density at radius 1 is 0.967 bits per heavy atom. The predicted octanol–water partition coefficient (Wildman–Crippen LogP) is 5.77. The van der Waals surface area contributed by atoms with Crippen molar-refractivity contribution in [1.29, 1.82) is 0 Å². The van der Waals surface area contributed by atoms with Crippen LogP contribution in [-0.4, -0.2) is 21.0 Å². The van der Waals surface area contributed by atoms with E-state index in [1.165, 1.54) is 12.1 Å². The first kappa shape index (κ1) is 19.4. The Bertz CT molecular complexity index is 1170. The summed E-state index contributed by atoms with van der Waals surface area (Å²) in [5, 5.41) is 20.7. The quantitative estimate of drug-likeness (QED) is 0.313. The number of nitro benzene ring substituents is 1. The molecule has 0 unspecified atom stereocenters. The van der Waals surface area contributed by atoms with Crippen molar-refractivity contribution in [3.05, 3.63) is 94.5 Å². The van der Waals surface area contributed by atoms with Gasteiger partial charge in [-0.2, -0.15) is 0 Å². The molecule has 0 aliphatic rings. The summed E-state index contributed by atoms with van der Waals surface area (Å²) in [6, 6.07) is 22.7. The topological polar surface area (TPSA) is 106 Å². The minimum Gasteiger partial charge on any atom is -0.478 e. The van der Waals surface area contributed by atoms with E-state index in [0.717, 1.165) is 29.0 Å². The molecule has 1 heterocycles. The van der Waals surface area contributed by atoms with Gasteiger partial charge in [-0.3, -0.25) is 10.1 Å². The number of nitro groups is 1. The van der Waals surface area contributed by atoms with E-state index in [9.17, 15) is 20.0 Å². The average Bonchev–Trinajstić information content (AvgIpc) is 3.19. The van der Waals surface area contributed by atoms with E-state index < -0.39 is 10.9 Å². The highest BCUT2D eigenvalue weighted by molar-refractivity contribution is 7.99. The Morgan fingerprint density at radius 3 is 2.20 bits per heavy atom. The lowest BCUT2D eigenvalue weighted by atomic mass is 10.1. The Hall–Kier alpha value is -3.91. The molecule has 4 aromatic rings. The molecule has 30 heavy (non-hydrogen) atoms. The highest BCUT2D eigenvalue weighted by Crippen LogP contribution is 2.39. The van der Waals surface area contributed by atoms with E-state index in [-0.39, 0.29) is 16.5 Å². The van der Waals surface area contributed by atoms with Gasteiger partial charge in [0.1, 0.15) is 5.69 Å². The highest BCUT2D eigenvalue weighted by atomic mass is 32.2. The standard InChI is InChI=1S/C22H14N2O5S/c25-21(26)17-13-16(24(27)28)11-12-18(17)30-22-23-19(14-7-3-1-4-8-14)20(29-22)15-9-5-2-6-10-15/h1-13H,(H,25,26). The summed E-state index contributed by atoms with van der Waals surface area (Å²) < 4.78 is 6.00. The summed E-state index contributed by atoms with van der Waals surface area (Å²) in [7, 11) is 0. The zero-order valence-corrected chi connectivity index (χ0v) is 16.2. The van der Waals surface area contributed by atoms with Gasteiger partial charge in [0.05, 0.1) is 10.5 Å². The van der Waals surface area contributed by atoms with Crippen LogP contribution < -0.4 is 0 Å². The lowest BCUT2D eigenvalue weighted by Crippen LogP contribution is -2.00. The summed E-state index contributed by atoms with van der Waals surface area (Å²) in [6.07, 6.45) is 0. The van der Waals surface area contributed by atoms with Crippen molar-refractivity contribution >= 4 is 23.4 Å². The minimum absolute atomic E-state index is 0.185. The van der Waals surface area contributed by atoms with Crippen LogP contribution in [0.2, 0.25) is 0 Å². The van der Waals surface area contributed by atoms with E-state index in [2.05, 4.69) is 4.98 Å². The van der Waals surface area contributed by atoms with Gasteiger partial charge in [0.2, 0.25) is 0 Å². The first-order chi connectivity index (χ1) is 14.5. The fourth-order valence-electron chi connectivity index (χ4n) is 2.90. The zero-order chi connectivity index (χ0) is 21.1. The third-order valence-electron chi connectivity index (χ3n) is 4.29. The van der Waals surface area contributed by atoms with Crippen LogP contribution in [0.5, 0.6) is 0 Å². The summed E-state index contributed by atoms with van der Waals surface area (Å²) in [5.74, 6) is -0.706. The van der Waals surface area contributed by atoms with Crippen molar-refractivity contribution < 1.29 is 19.2 Å². The smallest absolute Gasteiger partial charge is 0.337 e. The molecule has 8 heteroatoms. The first-order valence-corrected chi connectivity index (χ1v) is 9.66. The molecule has 0 amide bonds. The molecule has 1 aromatic heterocycles. The Kier molecular flexibility index (Phi) is 5.32. The van der Waals surface area contributed by atoms with Gasteiger partial charge in [-0.1, -0.05) is 60.7 Å². The third-order valence-corrected chi connectivity index (χ3v) is 5.22. The molecule has 0 radical (unpaired) electrons. The molecule has 0 saturated heterocycles. The number of rotatable bonds is 6. The number of aromatic carboxylic acids is 1. The van der Waals surface area contributed by atoms with Gasteiger partial charge in [0, 0.05) is 28.2 Å². The van der Waals surface area contributed by atoms with Gasteiger partial charge in [-0.15, -0.1) is 0 Å². The molecule has 0 atom stereocenters. The van der Waals surface area contributed by atoms with Crippen molar-refractivity contribution in [3.8, 4) is 22.6 Å². The fourth-order valence-corrected chi connectivity index (χ4v) is 3.75. The number of carboxylic acids is 1. The number of non-ortho nitro benzene ring substituents is 1. The van der Waals surface area contributed by atoms with Crippen LogP contribution in [0, 0.1) is 10.1 Å². The van der Waals surface area contributed by atoms with Gasteiger partial charge in [-0.05, 0) is 17.8 Å². The van der Waals surface area contributed by atoms with Crippen molar-refractivity contribution in [2.75, 3.05) is 0 Å². The predicted molar refractivity (Wildman–Crippen MR) is 112 cm³/mol. The Balaban J connectivity index is 1.79. The van der Waals surface area contributed by atoms with Crippen molar-refractivity contribution in [1.82, 2.24) is 4.98 Å². The lowest BCUT2D eigenvalue weighted by Gasteiger charge is -2.03. The second-order valence-electron chi connectivity index (χ2n) is 6.23. The number of hydrogen-bond donors (Lipinski definition) is 1. The van der Waals surface area contributed by atoms with Gasteiger partial charge in [-0.25, -0.2) is 9.78 Å². The van der Waals surface area contributed by atoms with E-state index in [0.29, 0.717) is 16.3 Å². The largest absolute Gasteiger partial charge is 0.478 e. The lowest BCUT2D eigenvalue weighted by molar-refractivity contribution is -0.384. The van der Waals surface area contributed by atoms with Crippen molar-refractivity contribution in [2.24, 2.45) is 0 Å². The van der Waals surface area contributed by atoms with Crippen LogP contribution in [0.15, 0.2) is 93.4 Å². The molecule has 0 fully saturated rings. The zero-order valence-electron chi connectivity index (χ0n) is 15.4. The van der Waals surface area contributed by atoms with Gasteiger partial charge >= 0.3 is 5.97 Å². The van der Waals surface area contributed by atoms with E-state index in [4.69, 9.17) is 4.42 Å². The average molecular weight is 418 g/mol. The Labute approximate surface area is 175 Å². The van der Waals surface area contributed by atoms with E-state index >= 15 is 0 Å². The van der Waals surface area contributed by atoms with Crippen LogP contribution in [0.1, 0.15) is 10.4 Å². The van der Waals surface area contributed by atoms with Crippen LogP contribution in [0.3, 0.4) is 0 Å². The van der Waals surface area contributed by atoms with Crippen LogP contribution in [0.25, 0.3) is 22.6 Å². The summed E-state index contributed by atoms with van der Waals surface area (Å²) in [6.45, 7) is 0. The maximum Gasteiger partial charge on any atom is 0.337 e. The highest BCUT2D eigenvalue weighted by Gasteiger charge is 2.21. The molecule has 4 rings (SSSR count). The number of oxazole rings is 1. The number of aromatic nitrogens is 1. The van der Waals surface area contributed by atoms with Gasteiger partial charge < -0.3 is 9.52 Å². The normalized spacial score (nSPS) is 10.7. The van der Waals surface area contributed by atoms with Crippen molar-refractivity contribution in [2.45, 2.75) is 10.1 Å². The number of nitrogens with zero attached hydrogens (tertiary/aromatic N) is 2. The molecule has 7 nitrogen and oxygen atoms in total. The number of benzene rings is 3. The maximum atomic E-state index is 11.6. The van der Waals surface area contributed by atoms with Crippen molar-refractivity contribution in [3.63, 3.8) is 0 Å². The molecular formula is C22H14N2O5S. The second kappa shape index (κ2) is 8.22. The SMILES string of the molecule is O=C(O)c1cc([N+](=O)[O-])ccc1Sc1nc(-c2ccccc2)c(-c2ccccc2)o1. The molecule has 0 saturated carbocycles. The number of carbonyl (C=O) groups is 1. The first-order valence-electron chi connectivity index (χ1n) is 8.84. The van der Waals surface area contributed by atoms with Gasteiger partial charge in [0.25, 0.3) is 10.9 Å². The number of carboxylic acid groups (broad SMARTS) is 1. The summed E-state index contributed by atoms with van der Waals surface area (Å²) in [5.41, 5.74) is 1.84. The second-order valence-corrected chi connectivity index (χ2v) is 7.23. The molecule has 148 valence electrons. The molecule has 0 aliphatic heterocycles. The van der Waals surface area contributed by atoms with Crippen LogP contribution in [-0.2, 0) is 0 Å². The molecule has 1 N–H and O–H groups in total. The molecule has 0 spiro atoms.